The fourth-order valence-electron chi connectivity index (χ4n) is 1.82. The molecule has 0 spiro atoms. The number of hydrogen-bond acceptors (Lipinski definition) is 4. The molecule has 72 valence electrons. The Hall–Kier alpha value is -0.160. The van der Waals surface area contributed by atoms with Gasteiger partial charge < -0.3 is 20.4 Å². The van der Waals surface area contributed by atoms with Gasteiger partial charge in [-0.25, -0.2) is 0 Å². The van der Waals surface area contributed by atoms with E-state index in [4.69, 9.17) is 10.2 Å². The molecule has 1 saturated carbocycles. The Labute approximate surface area is 71.5 Å². The van der Waals surface area contributed by atoms with E-state index in [0.717, 1.165) is 0 Å². The molecule has 0 aromatic carbocycles. The Balaban J connectivity index is 2.55. The molecule has 0 saturated heterocycles. The van der Waals surface area contributed by atoms with Crippen molar-refractivity contribution in [3.8, 4) is 0 Å². The Morgan fingerprint density at radius 1 is 0.917 bits per heavy atom. The molecule has 4 N–H and O–H groups in total. The van der Waals surface area contributed by atoms with Gasteiger partial charge in [-0.3, -0.25) is 0 Å². The molecular weight excluding hydrogens is 160 g/mol. The van der Waals surface area contributed by atoms with Gasteiger partial charge >= 0.3 is 0 Å². The topological polar surface area (TPSA) is 80.9 Å². The van der Waals surface area contributed by atoms with Crippen LogP contribution in [-0.4, -0.2) is 45.8 Å². The molecule has 1 fully saturated rings. The normalized spacial score (nSPS) is 43.0. The van der Waals surface area contributed by atoms with Gasteiger partial charge in [-0.2, -0.15) is 0 Å². The summed E-state index contributed by atoms with van der Waals surface area (Å²) in [4.78, 5) is 0. The van der Waals surface area contributed by atoms with E-state index in [2.05, 4.69) is 0 Å². The summed E-state index contributed by atoms with van der Waals surface area (Å²) in [6, 6.07) is 0. The van der Waals surface area contributed by atoms with Crippen molar-refractivity contribution in [1.82, 2.24) is 0 Å². The van der Waals surface area contributed by atoms with Gasteiger partial charge in [-0.1, -0.05) is 0 Å². The van der Waals surface area contributed by atoms with Gasteiger partial charge in [-0.15, -0.1) is 0 Å². The van der Waals surface area contributed by atoms with Gasteiger partial charge in [0.2, 0.25) is 0 Å². The van der Waals surface area contributed by atoms with Crippen molar-refractivity contribution in [3.05, 3.63) is 0 Å². The molecule has 1 aliphatic rings. The fraction of sp³-hybridized carbons (Fsp3) is 1.00. The van der Waals surface area contributed by atoms with Crippen molar-refractivity contribution < 1.29 is 20.4 Å². The second-order valence-electron chi connectivity index (χ2n) is 3.50. The van der Waals surface area contributed by atoms with Gasteiger partial charge in [0.1, 0.15) is 0 Å². The molecule has 4 heteroatoms. The minimum absolute atomic E-state index is 0.130. The highest BCUT2D eigenvalue weighted by atomic mass is 16.3. The molecule has 4 nitrogen and oxygen atoms in total. The van der Waals surface area contributed by atoms with E-state index in [1.165, 1.54) is 0 Å². The van der Waals surface area contributed by atoms with Crippen LogP contribution in [0.25, 0.3) is 0 Å². The van der Waals surface area contributed by atoms with Gasteiger partial charge in [0, 0.05) is 25.0 Å². The number of aliphatic hydroxyl groups excluding tert-OH is 4. The molecule has 0 amide bonds. The number of aliphatic hydroxyl groups is 4. The lowest BCUT2D eigenvalue weighted by Gasteiger charge is -2.35. The smallest absolute Gasteiger partial charge is 0.0642 e. The van der Waals surface area contributed by atoms with Crippen LogP contribution in [0.3, 0.4) is 0 Å². The van der Waals surface area contributed by atoms with Crippen LogP contribution in [0.2, 0.25) is 0 Å². The van der Waals surface area contributed by atoms with Crippen LogP contribution in [0, 0.1) is 11.8 Å². The highest BCUT2D eigenvalue weighted by Gasteiger charge is 2.35. The second-order valence-corrected chi connectivity index (χ2v) is 3.50. The summed E-state index contributed by atoms with van der Waals surface area (Å²) < 4.78 is 0. The molecule has 0 aliphatic heterocycles. The van der Waals surface area contributed by atoms with Crippen molar-refractivity contribution in [2.24, 2.45) is 11.8 Å². The first-order valence-electron chi connectivity index (χ1n) is 4.27. The lowest BCUT2D eigenvalue weighted by atomic mass is 9.78. The average Bonchev–Trinajstić information content (AvgIpc) is 2.08. The van der Waals surface area contributed by atoms with Crippen molar-refractivity contribution >= 4 is 0 Å². The van der Waals surface area contributed by atoms with E-state index in [1.54, 1.807) is 0 Å². The lowest BCUT2D eigenvalue weighted by molar-refractivity contribution is -0.0679. The van der Waals surface area contributed by atoms with Gasteiger partial charge in [-0.05, 0) is 12.8 Å². The van der Waals surface area contributed by atoms with E-state index in [1.807, 2.05) is 0 Å². The minimum atomic E-state index is -0.677. The van der Waals surface area contributed by atoms with Crippen molar-refractivity contribution in [1.29, 1.82) is 0 Å². The highest BCUT2D eigenvalue weighted by molar-refractivity contribution is 4.85. The first-order valence-corrected chi connectivity index (χ1v) is 4.27. The fourth-order valence-corrected chi connectivity index (χ4v) is 1.82. The molecular formula is C8H16O4. The first kappa shape index (κ1) is 9.92. The Kier molecular flexibility index (Phi) is 3.46. The van der Waals surface area contributed by atoms with E-state index in [-0.39, 0.29) is 25.0 Å². The zero-order valence-electron chi connectivity index (χ0n) is 6.93. The van der Waals surface area contributed by atoms with Crippen molar-refractivity contribution in [2.45, 2.75) is 25.0 Å². The highest BCUT2D eigenvalue weighted by Crippen LogP contribution is 2.29. The molecule has 2 atom stereocenters. The molecule has 0 heterocycles. The summed E-state index contributed by atoms with van der Waals surface area (Å²) >= 11 is 0. The molecule has 12 heavy (non-hydrogen) atoms. The number of hydrogen-bond donors (Lipinski definition) is 4. The zero-order chi connectivity index (χ0) is 9.14. The van der Waals surface area contributed by atoms with E-state index >= 15 is 0 Å². The summed E-state index contributed by atoms with van der Waals surface area (Å²) in [7, 11) is 0. The van der Waals surface area contributed by atoms with E-state index < -0.39 is 12.2 Å². The van der Waals surface area contributed by atoms with Gasteiger partial charge in [0.15, 0.2) is 0 Å². The van der Waals surface area contributed by atoms with Crippen LogP contribution in [0.1, 0.15) is 12.8 Å². The van der Waals surface area contributed by atoms with Crippen LogP contribution in [0.4, 0.5) is 0 Å². The summed E-state index contributed by atoms with van der Waals surface area (Å²) in [6.45, 7) is -0.260. The van der Waals surface area contributed by atoms with Crippen LogP contribution in [0.15, 0.2) is 0 Å². The second kappa shape index (κ2) is 4.18. The minimum Gasteiger partial charge on any atom is -0.396 e. The summed E-state index contributed by atoms with van der Waals surface area (Å²) in [5.41, 5.74) is 0. The Bertz CT molecular complexity index is 125. The maximum atomic E-state index is 9.52. The molecule has 0 aromatic heterocycles. The third kappa shape index (κ3) is 1.95. The van der Waals surface area contributed by atoms with Crippen molar-refractivity contribution in [2.75, 3.05) is 13.2 Å². The number of rotatable bonds is 2. The Morgan fingerprint density at radius 2 is 1.33 bits per heavy atom. The average molecular weight is 176 g/mol. The first-order chi connectivity index (χ1) is 5.69. The van der Waals surface area contributed by atoms with E-state index in [0.29, 0.717) is 12.8 Å². The maximum absolute atomic E-state index is 9.52. The molecule has 0 bridgehead atoms. The predicted octanol–water partition coefficient (Wildman–Crippen LogP) is -1.28. The van der Waals surface area contributed by atoms with Gasteiger partial charge in [0.25, 0.3) is 0 Å². The van der Waals surface area contributed by atoms with Crippen LogP contribution < -0.4 is 0 Å². The largest absolute Gasteiger partial charge is 0.396 e. The third-order valence-electron chi connectivity index (χ3n) is 2.58. The SMILES string of the molecule is OCC1CC(O)CC(CO)C1O. The summed E-state index contributed by atoms with van der Waals surface area (Å²) in [5, 5.41) is 36.5. The molecule has 1 rings (SSSR count). The van der Waals surface area contributed by atoms with E-state index in [9.17, 15) is 10.2 Å². The third-order valence-corrected chi connectivity index (χ3v) is 2.58. The summed E-state index contributed by atoms with van der Waals surface area (Å²) in [6.07, 6.45) is -0.325. The molecule has 0 aromatic rings. The van der Waals surface area contributed by atoms with Crippen LogP contribution in [-0.2, 0) is 0 Å². The molecule has 1 aliphatic carbocycles. The summed E-state index contributed by atoms with van der Waals surface area (Å²) in [5.74, 6) is -0.572. The van der Waals surface area contributed by atoms with Crippen molar-refractivity contribution in [3.63, 3.8) is 0 Å². The van der Waals surface area contributed by atoms with Crippen LogP contribution >= 0.6 is 0 Å². The van der Waals surface area contributed by atoms with Gasteiger partial charge in [0.05, 0.1) is 12.2 Å². The van der Waals surface area contributed by atoms with Crippen LogP contribution in [0.5, 0.6) is 0 Å². The molecule has 2 unspecified atom stereocenters. The quantitative estimate of drug-likeness (QED) is 0.422. The standard InChI is InChI=1S/C8H16O4/c9-3-5-1-7(11)2-6(4-10)8(5)12/h5-12H,1-4H2. The molecule has 0 radical (unpaired) electrons. The monoisotopic (exact) mass is 176 g/mol. The lowest BCUT2D eigenvalue weighted by Crippen LogP contribution is -2.42. The predicted molar refractivity (Wildman–Crippen MR) is 42.4 cm³/mol. The Morgan fingerprint density at radius 3 is 1.67 bits per heavy atom. The maximum Gasteiger partial charge on any atom is 0.0642 e. The zero-order valence-corrected chi connectivity index (χ0v) is 6.93.